The first-order chi connectivity index (χ1) is 12.4. The van der Waals surface area contributed by atoms with Gasteiger partial charge in [-0.1, -0.05) is 57.5 Å². The minimum Gasteiger partial charge on any atom is -0.464 e. The van der Waals surface area contributed by atoms with Crippen molar-refractivity contribution in [3.05, 3.63) is 35.9 Å². The third-order valence-electron chi connectivity index (χ3n) is 5.13. The molecule has 3 unspecified atom stereocenters. The monoisotopic (exact) mass is 362 g/mol. The van der Waals surface area contributed by atoms with Gasteiger partial charge in [0.15, 0.2) is 0 Å². The van der Waals surface area contributed by atoms with Crippen molar-refractivity contribution < 1.29 is 19.1 Å². The van der Waals surface area contributed by atoms with E-state index in [1.54, 1.807) is 0 Å². The number of nitrogens with one attached hydrogen (secondary N) is 1. The van der Waals surface area contributed by atoms with Gasteiger partial charge in [-0.15, -0.1) is 0 Å². The van der Waals surface area contributed by atoms with Crippen LogP contribution in [-0.4, -0.2) is 43.3 Å². The Hall–Kier alpha value is -1.92. The summed E-state index contributed by atoms with van der Waals surface area (Å²) in [6, 6.07) is 8.98. The molecule has 1 aromatic carbocycles. The molecular formula is C20H30N2O4. The van der Waals surface area contributed by atoms with E-state index in [0.717, 1.165) is 12.0 Å². The number of rotatable bonds is 9. The first kappa shape index (κ1) is 20.4. The van der Waals surface area contributed by atoms with Crippen LogP contribution in [0.4, 0.5) is 0 Å². The molecule has 26 heavy (non-hydrogen) atoms. The number of carbonyl (C=O) groups is 2. The average Bonchev–Trinajstić information content (AvgIpc) is 3.06. The van der Waals surface area contributed by atoms with Gasteiger partial charge in [0.1, 0.15) is 12.1 Å². The Balaban J connectivity index is 2.09. The van der Waals surface area contributed by atoms with Crippen LogP contribution in [0.2, 0.25) is 0 Å². The van der Waals surface area contributed by atoms with Crippen molar-refractivity contribution in [2.24, 2.45) is 11.7 Å². The predicted octanol–water partition coefficient (Wildman–Crippen LogP) is 1.98. The summed E-state index contributed by atoms with van der Waals surface area (Å²) in [7, 11) is 0. The normalized spacial score (nSPS) is 21.5. The van der Waals surface area contributed by atoms with Gasteiger partial charge in [0.2, 0.25) is 5.91 Å². The molecule has 1 aliphatic rings. The van der Waals surface area contributed by atoms with E-state index in [4.69, 9.17) is 15.2 Å². The van der Waals surface area contributed by atoms with Crippen LogP contribution in [0.15, 0.2) is 30.3 Å². The van der Waals surface area contributed by atoms with Crippen LogP contribution < -0.4 is 11.1 Å². The molecule has 1 amide bonds. The predicted molar refractivity (Wildman–Crippen MR) is 99.5 cm³/mol. The molecule has 0 aromatic heterocycles. The SMILES string of the molecule is CCC(C)C(N)COC(C(=O)N[C@H]1CCOC1=O)[C@@H](C)c1ccccc1. The minimum absolute atomic E-state index is 0.144. The van der Waals surface area contributed by atoms with E-state index in [2.05, 4.69) is 19.2 Å². The van der Waals surface area contributed by atoms with Gasteiger partial charge >= 0.3 is 5.97 Å². The highest BCUT2D eigenvalue weighted by Gasteiger charge is 2.34. The average molecular weight is 362 g/mol. The van der Waals surface area contributed by atoms with Crippen LogP contribution in [0.3, 0.4) is 0 Å². The molecule has 0 bridgehead atoms. The summed E-state index contributed by atoms with van der Waals surface area (Å²) in [5, 5.41) is 2.77. The Morgan fingerprint density at radius 1 is 1.35 bits per heavy atom. The van der Waals surface area contributed by atoms with Crippen molar-refractivity contribution >= 4 is 11.9 Å². The molecule has 3 N–H and O–H groups in total. The van der Waals surface area contributed by atoms with Crippen molar-refractivity contribution in [3.8, 4) is 0 Å². The molecule has 1 heterocycles. The molecule has 144 valence electrons. The number of hydrogen-bond acceptors (Lipinski definition) is 5. The summed E-state index contributed by atoms with van der Waals surface area (Å²) in [5.74, 6) is -0.560. The molecule has 1 aliphatic heterocycles. The van der Waals surface area contributed by atoms with E-state index in [1.807, 2.05) is 37.3 Å². The van der Waals surface area contributed by atoms with Gasteiger partial charge in [0.05, 0.1) is 13.2 Å². The maximum atomic E-state index is 12.8. The van der Waals surface area contributed by atoms with Gasteiger partial charge in [-0.2, -0.15) is 0 Å². The maximum absolute atomic E-state index is 12.8. The second-order valence-electron chi connectivity index (χ2n) is 7.02. The van der Waals surface area contributed by atoms with Crippen LogP contribution in [0.5, 0.6) is 0 Å². The van der Waals surface area contributed by atoms with Crippen LogP contribution in [0, 0.1) is 5.92 Å². The number of ether oxygens (including phenoxy) is 2. The molecule has 1 fully saturated rings. The molecule has 5 atom stereocenters. The Morgan fingerprint density at radius 2 is 2.04 bits per heavy atom. The van der Waals surface area contributed by atoms with E-state index in [1.165, 1.54) is 0 Å². The minimum atomic E-state index is -0.721. The van der Waals surface area contributed by atoms with E-state index in [-0.39, 0.29) is 23.8 Å². The molecule has 6 heteroatoms. The maximum Gasteiger partial charge on any atom is 0.328 e. The van der Waals surface area contributed by atoms with Gasteiger partial charge in [-0.05, 0) is 11.5 Å². The molecular weight excluding hydrogens is 332 g/mol. The Bertz CT molecular complexity index is 593. The Morgan fingerprint density at radius 3 is 2.62 bits per heavy atom. The van der Waals surface area contributed by atoms with E-state index in [0.29, 0.717) is 25.6 Å². The fraction of sp³-hybridized carbons (Fsp3) is 0.600. The van der Waals surface area contributed by atoms with Crippen molar-refractivity contribution in [1.29, 1.82) is 0 Å². The molecule has 0 spiro atoms. The first-order valence-electron chi connectivity index (χ1n) is 9.33. The topological polar surface area (TPSA) is 90.7 Å². The van der Waals surface area contributed by atoms with Gasteiger partial charge in [0, 0.05) is 18.4 Å². The second kappa shape index (κ2) is 9.69. The van der Waals surface area contributed by atoms with Crippen LogP contribution in [0.1, 0.15) is 45.1 Å². The van der Waals surface area contributed by atoms with Gasteiger partial charge < -0.3 is 20.5 Å². The standard InChI is InChI=1S/C20H30N2O4/c1-4-13(2)16(21)12-26-18(14(3)15-8-6-5-7-9-15)19(23)22-17-10-11-25-20(17)24/h5-9,13-14,16-18H,4,10-12,21H2,1-3H3,(H,22,23)/t13?,14-,16?,17-,18?/m0/s1. The van der Waals surface area contributed by atoms with Crippen molar-refractivity contribution in [2.45, 2.75) is 57.7 Å². The number of esters is 1. The van der Waals surface area contributed by atoms with Gasteiger partial charge in [-0.3, -0.25) is 4.79 Å². The summed E-state index contributed by atoms with van der Waals surface area (Å²) >= 11 is 0. The largest absolute Gasteiger partial charge is 0.464 e. The summed E-state index contributed by atoms with van der Waals surface area (Å²) in [4.78, 5) is 24.5. The van der Waals surface area contributed by atoms with Gasteiger partial charge in [0.25, 0.3) is 0 Å². The molecule has 6 nitrogen and oxygen atoms in total. The number of nitrogens with two attached hydrogens (primary N) is 1. The summed E-state index contributed by atoms with van der Waals surface area (Å²) < 4.78 is 10.9. The van der Waals surface area contributed by atoms with Crippen molar-refractivity contribution in [3.63, 3.8) is 0 Å². The van der Waals surface area contributed by atoms with Crippen LogP contribution in [0.25, 0.3) is 0 Å². The van der Waals surface area contributed by atoms with Crippen molar-refractivity contribution in [1.82, 2.24) is 5.32 Å². The number of cyclic esters (lactones) is 1. The first-order valence-corrected chi connectivity index (χ1v) is 9.33. The van der Waals surface area contributed by atoms with Gasteiger partial charge in [-0.25, -0.2) is 4.79 Å². The Labute approximate surface area is 155 Å². The highest BCUT2D eigenvalue weighted by Crippen LogP contribution is 2.23. The van der Waals surface area contributed by atoms with Crippen LogP contribution in [-0.2, 0) is 19.1 Å². The molecule has 0 saturated carbocycles. The summed E-state index contributed by atoms with van der Waals surface area (Å²) in [5.41, 5.74) is 7.17. The zero-order valence-electron chi connectivity index (χ0n) is 15.8. The van der Waals surface area contributed by atoms with Crippen molar-refractivity contribution in [2.75, 3.05) is 13.2 Å². The highest BCUT2D eigenvalue weighted by molar-refractivity contribution is 5.88. The second-order valence-corrected chi connectivity index (χ2v) is 7.02. The van der Waals surface area contributed by atoms with E-state index < -0.39 is 12.1 Å². The smallest absolute Gasteiger partial charge is 0.328 e. The fourth-order valence-corrected chi connectivity index (χ4v) is 2.94. The Kier molecular flexibility index (Phi) is 7.60. The fourth-order valence-electron chi connectivity index (χ4n) is 2.94. The van der Waals surface area contributed by atoms with E-state index >= 15 is 0 Å². The lowest BCUT2D eigenvalue weighted by molar-refractivity contribution is -0.144. The number of carbonyl (C=O) groups excluding carboxylic acids is 2. The van der Waals surface area contributed by atoms with E-state index in [9.17, 15) is 9.59 Å². The number of hydrogen-bond donors (Lipinski definition) is 2. The molecule has 2 rings (SSSR count). The third-order valence-corrected chi connectivity index (χ3v) is 5.13. The van der Waals surface area contributed by atoms with Crippen LogP contribution >= 0.6 is 0 Å². The number of benzene rings is 1. The molecule has 1 aromatic rings. The number of amides is 1. The third kappa shape index (κ3) is 5.29. The molecule has 0 aliphatic carbocycles. The zero-order valence-corrected chi connectivity index (χ0v) is 15.8. The molecule has 1 saturated heterocycles. The quantitative estimate of drug-likeness (QED) is 0.656. The lowest BCUT2D eigenvalue weighted by Crippen LogP contribution is -2.47. The zero-order chi connectivity index (χ0) is 19.1. The summed E-state index contributed by atoms with van der Waals surface area (Å²) in [6.45, 7) is 6.72. The summed E-state index contributed by atoms with van der Waals surface area (Å²) in [6.07, 6.45) is 0.716. The lowest BCUT2D eigenvalue weighted by atomic mass is 9.94. The lowest BCUT2D eigenvalue weighted by Gasteiger charge is -2.27. The highest BCUT2D eigenvalue weighted by atomic mass is 16.5. The molecule has 0 radical (unpaired) electrons.